The first-order chi connectivity index (χ1) is 17.1. The molecule has 176 valence electrons. The molecule has 0 saturated heterocycles. The Kier molecular flexibility index (Phi) is 7.54. The van der Waals surface area contributed by atoms with Crippen LogP contribution in [-0.2, 0) is 22.7 Å². The molecular weight excluding hydrogens is 448 g/mol. The van der Waals surface area contributed by atoms with Gasteiger partial charge in [0.1, 0.15) is 18.9 Å². The van der Waals surface area contributed by atoms with Crippen molar-refractivity contribution in [2.45, 2.75) is 13.2 Å². The number of amides is 1. The van der Waals surface area contributed by atoms with Crippen molar-refractivity contribution in [1.29, 1.82) is 0 Å². The quantitative estimate of drug-likeness (QED) is 0.227. The van der Waals surface area contributed by atoms with Crippen LogP contribution in [0.2, 0.25) is 0 Å². The van der Waals surface area contributed by atoms with Crippen LogP contribution in [0.5, 0.6) is 5.75 Å². The minimum atomic E-state index is -0.401. The Morgan fingerprint density at radius 1 is 1.00 bits per heavy atom. The first-order valence-corrected chi connectivity index (χ1v) is 10.7. The summed E-state index contributed by atoms with van der Waals surface area (Å²) in [5.41, 5.74) is 5.30. The standard InChI is InChI=1S/C25H22N6O4/c1-34-25(33)20-13-11-18(12-14-20)17-35-22-10-6-5-9-21(22)15-26-27-23(32)16-31-29-24(28-30-31)19-7-3-2-4-8-19/h2-15H,16-17H2,1H3,(H,27,32)/b26-15+. The van der Waals surface area contributed by atoms with E-state index in [0.717, 1.165) is 11.1 Å². The maximum atomic E-state index is 12.2. The number of nitrogens with zero attached hydrogens (tertiary/aromatic N) is 5. The van der Waals surface area contributed by atoms with Crippen LogP contribution in [0.3, 0.4) is 0 Å². The number of methoxy groups -OCH3 is 1. The molecule has 10 heteroatoms. The molecule has 1 heterocycles. The molecule has 0 saturated carbocycles. The molecule has 0 aliphatic rings. The number of para-hydroxylation sites is 1. The van der Waals surface area contributed by atoms with Crippen molar-refractivity contribution in [2.24, 2.45) is 5.10 Å². The average molecular weight is 470 g/mol. The number of esters is 1. The maximum Gasteiger partial charge on any atom is 0.337 e. The molecule has 0 spiro atoms. The number of aromatic nitrogens is 4. The first-order valence-electron chi connectivity index (χ1n) is 10.7. The highest BCUT2D eigenvalue weighted by Gasteiger charge is 2.09. The van der Waals surface area contributed by atoms with Gasteiger partial charge < -0.3 is 9.47 Å². The summed E-state index contributed by atoms with van der Waals surface area (Å²) in [6, 6.07) is 23.6. The number of hydrazone groups is 1. The van der Waals surface area contributed by atoms with Crippen molar-refractivity contribution < 1.29 is 19.1 Å². The van der Waals surface area contributed by atoms with Gasteiger partial charge in [-0.05, 0) is 35.0 Å². The van der Waals surface area contributed by atoms with Gasteiger partial charge in [0.2, 0.25) is 5.82 Å². The Bertz CT molecular complexity index is 1320. The lowest BCUT2D eigenvalue weighted by Crippen LogP contribution is -2.24. The van der Waals surface area contributed by atoms with Crippen molar-refractivity contribution in [2.75, 3.05) is 7.11 Å². The second-order valence-electron chi connectivity index (χ2n) is 7.32. The Morgan fingerprint density at radius 2 is 1.74 bits per heavy atom. The van der Waals surface area contributed by atoms with Gasteiger partial charge >= 0.3 is 5.97 Å². The van der Waals surface area contributed by atoms with Crippen LogP contribution in [-0.4, -0.2) is 45.4 Å². The zero-order valence-electron chi connectivity index (χ0n) is 18.9. The van der Waals surface area contributed by atoms with Crippen LogP contribution < -0.4 is 10.2 Å². The fourth-order valence-electron chi connectivity index (χ4n) is 3.09. The Morgan fingerprint density at radius 3 is 2.51 bits per heavy atom. The third-order valence-corrected chi connectivity index (χ3v) is 4.85. The summed E-state index contributed by atoms with van der Waals surface area (Å²) in [4.78, 5) is 25.0. The zero-order valence-corrected chi connectivity index (χ0v) is 18.9. The summed E-state index contributed by atoms with van der Waals surface area (Å²) in [7, 11) is 1.34. The largest absolute Gasteiger partial charge is 0.488 e. The minimum absolute atomic E-state index is 0.128. The summed E-state index contributed by atoms with van der Waals surface area (Å²) in [6.45, 7) is 0.164. The lowest BCUT2D eigenvalue weighted by Gasteiger charge is -2.09. The Balaban J connectivity index is 1.31. The topological polar surface area (TPSA) is 121 Å². The van der Waals surface area contributed by atoms with Gasteiger partial charge in [-0.1, -0.05) is 54.6 Å². The molecule has 0 bridgehead atoms. The molecule has 0 unspecified atom stereocenters. The number of tetrazole rings is 1. The van der Waals surface area contributed by atoms with Gasteiger partial charge in [-0.15, -0.1) is 10.2 Å². The molecule has 0 radical (unpaired) electrons. The van der Waals surface area contributed by atoms with Gasteiger partial charge in [-0.25, -0.2) is 10.2 Å². The molecule has 35 heavy (non-hydrogen) atoms. The van der Waals surface area contributed by atoms with Crippen LogP contribution in [0.25, 0.3) is 11.4 Å². The number of hydrogen-bond donors (Lipinski definition) is 1. The highest BCUT2D eigenvalue weighted by molar-refractivity contribution is 5.89. The Hall–Kier alpha value is -4.86. The van der Waals surface area contributed by atoms with Crippen molar-refractivity contribution >= 4 is 18.1 Å². The van der Waals surface area contributed by atoms with E-state index in [1.807, 2.05) is 48.5 Å². The van der Waals surface area contributed by atoms with E-state index in [-0.39, 0.29) is 6.54 Å². The van der Waals surface area contributed by atoms with Crippen LogP contribution in [0.15, 0.2) is 84.0 Å². The van der Waals surface area contributed by atoms with Crippen molar-refractivity contribution in [3.05, 3.63) is 95.6 Å². The van der Waals surface area contributed by atoms with E-state index in [2.05, 4.69) is 25.9 Å². The van der Waals surface area contributed by atoms with E-state index in [1.54, 1.807) is 30.3 Å². The molecule has 4 rings (SSSR count). The number of benzene rings is 3. The lowest BCUT2D eigenvalue weighted by molar-refractivity contribution is -0.122. The van der Waals surface area contributed by atoms with E-state index in [0.29, 0.717) is 29.3 Å². The van der Waals surface area contributed by atoms with Crippen LogP contribution in [0.1, 0.15) is 21.5 Å². The highest BCUT2D eigenvalue weighted by Crippen LogP contribution is 2.18. The van der Waals surface area contributed by atoms with Gasteiger partial charge in [-0.2, -0.15) is 9.90 Å². The summed E-state index contributed by atoms with van der Waals surface area (Å²) < 4.78 is 10.6. The maximum absolute atomic E-state index is 12.2. The Labute approximate surface area is 201 Å². The number of rotatable bonds is 9. The average Bonchev–Trinajstić information content (AvgIpc) is 3.37. The summed E-state index contributed by atoms with van der Waals surface area (Å²) in [5, 5.41) is 16.1. The first kappa shape index (κ1) is 23.3. The van der Waals surface area contributed by atoms with E-state index in [4.69, 9.17) is 9.47 Å². The predicted molar refractivity (Wildman–Crippen MR) is 128 cm³/mol. The van der Waals surface area contributed by atoms with Crippen LogP contribution in [0, 0.1) is 0 Å². The third kappa shape index (κ3) is 6.35. The van der Waals surface area contributed by atoms with Crippen LogP contribution in [0.4, 0.5) is 0 Å². The second-order valence-corrected chi connectivity index (χ2v) is 7.32. The monoisotopic (exact) mass is 470 g/mol. The van der Waals surface area contributed by atoms with Gasteiger partial charge in [0.15, 0.2) is 0 Å². The smallest absolute Gasteiger partial charge is 0.337 e. The summed E-state index contributed by atoms with van der Waals surface area (Å²) in [5.74, 6) is 0.237. The highest BCUT2D eigenvalue weighted by atomic mass is 16.5. The lowest BCUT2D eigenvalue weighted by atomic mass is 10.1. The molecule has 1 aromatic heterocycles. The molecule has 3 aromatic carbocycles. The third-order valence-electron chi connectivity index (χ3n) is 4.85. The molecule has 4 aromatic rings. The number of hydrogen-bond acceptors (Lipinski definition) is 8. The van der Waals surface area contributed by atoms with E-state index in [1.165, 1.54) is 18.1 Å². The fourth-order valence-corrected chi connectivity index (χ4v) is 3.09. The van der Waals surface area contributed by atoms with Crippen molar-refractivity contribution in [1.82, 2.24) is 25.6 Å². The van der Waals surface area contributed by atoms with Gasteiger partial charge in [0.25, 0.3) is 5.91 Å². The number of carbonyl (C=O) groups excluding carboxylic acids is 2. The summed E-state index contributed by atoms with van der Waals surface area (Å²) >= 11 is 0. The molecule has 1 amide bonds. The van der Waals surface area contributed by atoms with Crippen molar-refractivity contribution in [3.63, 3.8) is 0 Å². The molecule has 0 fully saturated rings. The second kappa shape index (κ2) is 11.3. The van der Waals surface area contributed by atoms with Gasteiger partial charge in [0, 0.05) is 11.1 Å². The number of carbonyl (C=O) groups is 2. The fraction of sp³-hybridized carbons (Fsp3) is 0.120. The van der Waals surface area contributed by atoms with Crippen LogP contribution >= 0.6 is 0 Å². The summed E-state index contributed by atoms with van der Waals surface area (Å²) in [6.07, 6.45) is 1.50. The van der Waals surface area contributed by atoms with E-state index < -0.39 is 11.9 Å². The number of ether oxygens (including phenoxy) is 2. The molecule has 1 N–H and O–H groups in total. The minimum Gasteiger partial charge on any atom is -0.488 e. The van der Waals surface area contributed by atoms with Gasteiger partial charge in [0.05, 0.1) is 18.9 Å². The van der Waals surface area contributed by atoms with E-state index in [9.17, 15) is 9.59 Å². The predicted octanol–water partition coefficient (Wildman–Crippen LogP) is 2.86. The number of nitrogens with one attached hydrogen (secondary N) is 1. The molecular formula is C25H22N6O4. The van der Waals surface area contributed by atoms with Gasteiger partial charge in [-0.3, -0.25) is 4.79 Å². The molecule has 0 aliphatic carbocycles. The zero-order chi connectivity index (χ0) is 24.5. The molecule has 0 aliphatic heterocycles. The molecule has 10 nitrogen and oxygen atoms in total. The SMILES string of the molecule is COC(=O)c1ccc(COc2ccccc2/C=N/NC(=O)Cn2nnc(-c3ccccc3)n2)cc1. The normalized spacial score (nSPS) is 10.8. The molecule has 0 atom stereocenters. The van der Waals surface area contributed by atoms with E-state index >= 15 is 0 Å². The van der Waals surface area contributed by atoms with Crippen molar-refractivity contribution in [3.8, 4) is 17.1 Å².